The first-order valence-corrected chi connectivity index (χ1v) is 13.1. The van der Waals surface area contributed by atoms with Crippen molar-refractivity contribution in [3.05, 3.63) is 88.8 Å². The predicted molar refractivity (Wildman–Crippen MR) is 149 cm³/mol. The molecule has 0 spiro atoms. The number of fused-ring (bicyclic) bond motifs is 1. The van der Waals surface area contributed by atoms with Gasteiger partial charge in [-0.05, 0) is 91.9 Å². The zero-order valence-corrected chi connectivity index (χ0v) is 22.9. The first-order chi connectivity index (χ1) is 19.7. The van der Waals surface area contributed by atoms with Gasteiger partial charge in [0.2, 0.25) is 0 Å². The van der Waals surface area contributed by atoms with Gasteiger partial charge in [-0.1, -0.05) is 11.2 Å². The maximum absolute atomic E-state index is 13.6. The summed E-state index contributed by atoms with van der Waals surface area (Å²) >= 11 is 0. The largest absolute Gasteiger partial charge is 0.496 e. The van der Waals surface area contributed by atoms with E-state index in [2.05, 4.69) is 20.8 Å². The Morgan fingerprint density at radius 1 is 1.00 bits per heavy atom. The number of furan rings is 1. The molecule has 1 aliphatic rings. The van der Waals surface area contributed by atoms with Gasteiger partial charge in [-0.25, -0.2) is 4.39 Å². The number of halogens is 1. The molecule has 0 bridgehead atoms. The summed E-state index contributed by atoms with van der Waals surface area (Å²) in [6.07, 6.45) is 1.38. The summed E-state index contributed by atoms with van der Waals surface area (Å²) in [5.74, 6) is 0.610. The number of hydrogen-bond acceptors (Lipinski definition) is 7. The number of carbonyl (C=O) groups excluding carboxylic acids is 2. The molecule has 0 radical (unpaired) electrons. The van der Waals surface area contributed by atoms with Crippen molar-refractivity contribution in [2.75, 3.05) is 14.2 Å². The normalized spacial score (nSPS) is 13.7. The number of rotatable bonds is 7. The maximum Gasteiger partial charge on any atom is 0.255 e. The zero-order chi connectivity index (χ0) is 28.9. The van der Waals surface area contributed by atoms with E-state index in [1.165, 1.54) is 19.2 Å². The van der Waals surface area contributed by atoms with Crippen molar-refractivity contribution in [1.82, 2.24) is 20.8 Å². The summed E-state index contributed by atoms with van der Waals surface area (Å²) < 4.78 is 30.6. The van der Waals surface area contributed by atoms with Gasteiger partial charge in [0.15, 0.2) is 5.82 Å². The molecule has 41 heavy (non-hydrogen) atoms. The summed E-state index contributed by atoms with van der Waals surface area (Å²) in [5, 5.41) is 10.2. The Balaban J connectivity index is 1.43. The van der Waals surface area contributed by atoms with E-state index in [0.717, 1.165) is 16.7 Å². The van der Waals surface area contributed by atoms with Crippen LogP contribution in [0, 0.1) is 19.7 Å². The van der Waals surface area contributed by atoms with Crippen molar-refractivity contribution in [2.45, 2.75) is 32.2 Å². The second kappa shape index (κ2) is 9.88. The molecule has 208 valence electrons. The molecule has 10 heteroatoms. The van der Waals surface area contributed by atoms with E-state index in [4.69, 9.17) is 13.7 Å². The van der Waals surface area contributed by atoms with Gasteiger partial charge in [0, 0.05) is 18.0 Å². The number of methoxy groups -OCH3 is 1. The lowest BCUT2D eigenvalue weighted by Gasteiger charge is -2.17. The van der Waals surface area contributed by atoms with Crippen molar-refractivity contribution >= 4 is 22.8 Å². The number of nitrogens with zero attached hydrogens (tertiary/aromatic N) is 2. The summed E-state index contributed by atoms with van der Waals surface area (Å²) in [7, 11) is 3.06. The van der Waals surface area contributed by atoms with E-state index < -0.39 is 5.54 Å². The average molecular weight is 555 g/mol. The first kappa shape index (κ1) is 26.2. The minimum atomic E-state index is -0.691. The molecular formula is C31H27FN4O5. The van der Waals surface area contributed by atoms with Crippen LogP contribution in [0.2, 0.25) is 0 Å². The van der Waals surface area contributed by atoms with Gasteiger partial charge in [0.25, 0.3) is 17.7 Å². The van der Waals surface area contributed by atoms with Crippen LogP contribution in [0.5, 0.6) is 5.75 Å². The van der Waals surface area contributed by atoms with E-state index in [-0.39, 0.29) is 17.6 Å². The van der Waals surface area contributed by atoms with Crippen LogP contribution >= 0.6 is 0 Å². The minimum absolute atomic E-state index is 0.328. The number of aromatic nitrogens is 2. The third kappa shape index (κ3) is 4.61. The first-order valence-electron chi connectivity index (χ1n) is 13.1. The lowest BCUT2D eigenvalue weighted by atomic mass is 9.95. The molecule has 2 heterocycles. The summed E-state index contributed by atoms with van der Waals surface area (Å²) in [4.78, 5) is 30.9. The Kier molecular flexibility index (Phi) is 6.33. The van der Waals surface area contributed by atoms with Gasteiger partial charge in [0.05, 0.1) is 18.2 Å². The number of nitrogens with one attached hydrogen (secondary N) is 2. The molecule has 0 saturated heterocycles. The Hall–Kier alpha value is -4.99. The van der Waals surface area contributed by atoms with Crippen molar-refractivity contribution in [3.63, 3.8) is 0 Å². The highest BCUT2D eigenvalue weighted by atomic mass is 19.1. The number of amides is 2. The second-order valence-corrected chi connectivity index (χ2v) is 10.2. The van der Waals surface area contributed by atoms with Crippen molar-refractivity contribution < 1.29 is 27.7 Å². The zero-order valence-electron chi connectivity index (χ0n) is 22.9. The second-order valence-electron chi connectivity index (χ2n) is 10.2. The molecule has 0 unspecified atom stereocenters. The Morgan fingerprint density at radius 2 is 1.73 bits per heavy atom. The summed E-state index contributed by atoms with van der Waals surface area (Å²) in [6, 6.07) is 14.9. The lowest BCUT2D eigenvalue weighted by Crippen LogP contribution is -2.35. The molecule has 2 amide bonds. The fourth-order valence-corrected chi connectivity index (χ4v) is 5.05. The van der Waals surface area contributed by atoms with Gasteiger partial charge >= 0.3 is 0 Å². The van der Waals surface area contributed by atoms with Gasteiger partial charge in [0.1, 0.15) is 28.4 Å². The van der Waals surface area contributed by atoms with Gasteiger partial charge in [-0.15, -0.1) is 0 Å². The molecule has 2 aromatic heterocycles. The maximum atomic E-state index is 13.6. The third-order valence-corrected chi connectivity index (χ3v) is 7.39. The van der Waals surface area contributed by atoms with Gasteiger partial charge in [-0.3, -0.25) is 9.59 Å². The van der Waals surface area contributed by atoms with Crippen LogP contribution in [0.4, 0.5) is 4.39 Å². The molecule has 3 aromatic carbocycles. The van der Waals surface area contributed by atoms with Crippen LogP contribution in [0.3, 0.4) is 0 Å². The Bertz CT molecular complexity index is 1820. The molecule has 1 saturated carbocycles. The summed E-state index contributed by atoms with van der Waals surface area (Å²) in [6.45, 7) is 3.65. The molecule has 1 aliphatic carbocycles. The standard InChI is InChI=1S/C31H27FN4O5/c1-16-13-25(39-4)23(28(37)35-31(11-12-31)30-34-17(2)36-41-30)15-21(16)19-7-10-24-22(14-19)26(29(38)33-3)27(40-24)18-5-8-20(32)9-6-18/h5-10,13-15H,11-12H2,1-4H3,(H,33,38)(H,35,37). The van der Waals surface area contributed by atoms with Crippen LogP contribution in [-0.4, -0.2) is 36.1 Å². The van der Waals surface area contributed by atoms with E-state index >= 15 is 0 Å². The van der Waals surface area contributed by atoms with Crippen LogP contribution in [0.25, 0.3) is 33.4 Å². The van der Waals surface area contributed by atoms with Crippen molar-refractivity contribution in [2.24, 2.45) is 0 Å². The molecule has 6 rings (SSSR count). The average Bonchev–Trinajstić information content (AvgIpc) is 3.44. The fraction of sp³-hybridized carbons (Fsp3) is 0.226. The third-order valence-electron chi connectivity index (χ3n) is 7.39. The predicted octanol–water partition coefficient (Wildman–Crippen LogP) is 5.69. The molecular weight excluding hydrogens is 527 g/mol. The highest BCUT2D eigenvalue weighted by Crippen LogP contribution is 2.45. The number of carbonyl (C=O) groups is 2. The number of benzene rings is 3. The van der Waals surface area contributed by atoms with Crippen LogP contribution in [0.1, 0.15) is 50.8 Å². The quantitative estimate of drug-likeness (QED) is 0.265. The molecule has 0 aliphatic heterocycles. The highest BCUT2D eigenvalue weighted by molar-refractivity contribution is 6.12. The monoisotopic (exact) mass is 554 g/mol. The summed E-state index contributed by atoms with van der Waals surface area (Å²) in [5.41, 5.74) is 3.50. The highest BCUT2D eigenvalue weighted by Gasteiger charge is 2.51. The van der Waals surface area contributed by atoms with Gasteiger partial charge < -0.3 is 24.3 Å². The van der Waals surface area contributed by atoms with Crippen molar-refractivity contribution in [1.29, 1.82) is 0 Å². The molecule has 1 fully saturated rings. The number of hydrogen-bond donors (Lipinski definition) is 2. The molecule has 5 aromatic rings. The van der Waals surface area contributed by atoms with Crippen LogP contribution in [0.15, 0.2) is 63.5 Å². The van der Waals surface area contributed by atoms with Crippen LogP contribution < -0.4 is 15.4 Å². The van der Waals surface area contributed by atoms with E-state index in [1.54, 1.807) is 38.2 Å². The smallest absolute Gasteiger partial charge is 0.255 e. The van der Waals surface area contributed by atoms with E-state index in [9.17, 15) is 14.0 Å². The lowest BCUT2D eigenvalue weighted by molar-refractivity contribution is 0.0916. The SMILES string of the molecule is CNC(=O)c1c(-c2ccc(F)cc2)oc2ccc(-c3cc(C(=O)NC4(c5nc(C)no5)CC4)c(OC)cc3C)cc12. The molecule has 9 nitrogen and oxygen atoms in total. The van der Waals surface area contributed by atoms with E-state index in [1.807, 2.05) is 25.1 Å². The van der Waals surface area contributed by atoms with E-state index in [0.29, 0.717) is 63.7 Å². The Labute approximate surface area is 234 Å². The molecule has 2 N–H and O–H groups in total. The minimum Gasteiger partial charge on any atom is -0.496 e. The topological polar surface area (TPSA) is 119 Å². The number of aryl methyl sites for hydroxylation is 2. The Morgan fingerprint density at radius 3 is 2.37 bits per heavy atom. The number of ether oxygens (including phenoxy) is 1. The fourth-order valence-electron chi connectivity index (χ4n) is 5.05. The van der Waals surface area contributed by atoms with Gasteiger partial charge in [-0.2, -0.15) is 4.98 Å². The van der Waals surface area contributed by atoms with Crippen molar-refractivity contribution in [3.8, 4) is 28.2 Å². The molecule has 0 atom stereocenters. The van der Waals surface area contributed by atoms with Crippen LogP contribution in [-0.2, 0) is 5.54 Å².